The third-order valence-electron chi connectivity index (χ3n) is 5.51. The van der Waals surface area contributed by atoms with E-state index in [1.165, 1.54) is 0 Å². The van der Waals surface area contributed by atoms with Crippen LogP contribution in [0.25, 0.3) is 11.5 Å². The Bertz CT molecular complexity index is 1110. The van der Waals surface area contributed by atoms with Gasteiger partial charge in [0.2, 0.25) is 5.89 Å². The lowest BCUT2D eigenvalue weighted by Crippen LogP contribution is -2.45. The van der Waals surface area contributed by atoms with E-state index < -0.39 is 12.0 Å². The van der Waals surface area contributed by atoms with Gasteiger partial charge in [-0.1, -0.05) is 30.2 Å². The van der Waals surface area contributed by atoms with Crippen LogP contribution >= 0.6 is 0 Å². The molecule has 1 aromatic heterocycles. The van der Waals surface area contributed by atoms with Gasteiger partial charge < -0.3 is 14.3 Å². The SMILES string of the molecule is C#CCN1Cc2cc(OCCc3nc(-c4ccccc4)oc3C)ccc2C[C@H]1C(=O)O. The van der Waals surface area contributed by atoms with Gasteiger partial charge in [-0.05, 0) is 48.7 Å². The second kappa shape index (κ2) is 9.07. The predicted octanol–water partition coefficient (Wildman–Crippen LogP) is 3.72. The number of carboxylic acid groups (broad SMARTS) is 1. The van der Waals surface area contributed by atoms with Gasteiger partial charge in [0.1, 0.15) is 17.6 Å². The van der Waals surface area contributed by atoms with Crippen LogP contribution in [0.4, 0.5) is 0 Å². The fraction of sp³-hybridized carbons (Fsp3) is 0.280. The Labute approximate surface area is 181 Å². The lowest BCUT2D eigenvalue weighted by atomic mass is 9.93. The molecule has 1 atom stereocenters. The highest BCUT2D eigenvalue weighted by Gasteiger charge is 2.31. The molecule has 6 heteroatoms. The lowest BCUT2D eigenvalue weighted by molar-refractivity contribution is -0.143. The van der Waals surface area contributed by atoms with Gasteiger partial charge in [0.15, 0.2) is 0 Å². The molecule has 1 aliphatic heterocycles. The van der Waals surface area contributed by atoms with Crippen molar-refractivity contribution in [2.45, 2.75) is 32.4 Å². The van der Waals surface area contributed by atoms with E-state index in [0.29, 0.717) is 38.4 Å². The van der Waals surface area contributed by atoms with Crippen LogP contribution in [-0.4, -0.2) is 40.2 Å². The molecule has 0 spiro atoms. The molecule has 3 aromatic rings. The van der Waals surface area contributed by atoms with Crippen molar-refractivity contribution < 1.29 is 19.1 Å². The molecule has 6 nitrogen and oxygen atoms in total. The topological polar surface area (TPSA) is 75.8 Å². The van der Waals surface area contributed by atoms with Crippen LogP contribution in [0.15, 0.2) is 52.9 Å². The predicted molar refractivity (Wildman–Crippen MR) is 117 cm³/mol. The van der Waals surface area contributed by atoms with Gasteiger partial charge in [0.25, 0.3) is 0 Å². The van der Waals surface area contributed by atoms with Crippen molar-refractivity contribution in [3.05, 3.63) is 71.1 Å². The Morgan fingerprint density at radius 3 is 2.84 bits per heavy atom. The Balaban J connectivity index is 1.41. The molecular weight excluding hydrogens is 392 g/mol. The number of oxazole rings is 1. The third kappa shape index (κ3) is 4.62. The standard InChI is InChI=1S/C25H24N2O4/c1-3-12-27-16-20-14-21(10-9-19(20)15-23(27)25(28)29)30-13-11-22-17(2)31-24(26-22)18-7-5-4-6-8-18/h1,4-10,14,23H,11-13,15-16H2,2H3,(H,28,29)/t23-/m0/s1. The monoisotopic (exact) mass is 416 g/mol. The highest BCUT2D eigenvalue weighted by molar-refractivity contribution is 5.74. The molecule has 0 radical (unpaired) electrons. The molecule has 0 unspecified atom stereocenters. The largest absolute Gasteiger partial charge is 0.493 e. The summed E-state index contributed by atoms with van der Waals surface area (Å²) >= 11 is 0. The summed E-state index contributed by atoms with van der Waals surface area (Å²) in [6, 6.07) is 15.0. The number of hydrogen-bond acceptors (Lipinski definition) is 5. The van der Waals surface area contributed by atoms with E-state index in [4.69, 9.17) is 15.6 Å². The van der Waals surface area contributed by atoms with Crippen LogP contribution in [0.3, 0.4) is 0 Å². The lowest BCUT2D eigenvalue weighted by Gasteiger charge is -2.33. The molecule has 0 saturated carbocycles. The molecule has 0 fully saturated rings. The van der Waals surface area contributed by atoms with Crippen LogP contribution in [-0.2, 0) is 24.2 Å². The number of fused-ring (bicyclic) bond motifs is 1. The molecule has 1 aliphatic rings. The minimum absolute atomic E-state index is 0.302. The summed E-state index contributed by atoms with van der Waals surface area (Å²) in [6.07, 6.45) is 6.49. The van der Waals surface area contributed by atoms with Gasteiger partial charge in [-0.3, -0.25) is 9.69 Å². The zero-order valence-electron chi connectivity index (χ0n) is 17.4. The highest BCUT2D eigenvalue weighted by Crippen LogP contribution is 2.27. The van der Waals surface area contributed by atoms with E-state index in [0.717, 1.165) is 33.9 Å². The Morgan fingerprint density at radius 2 is 2.10 bits per heavy atom. The third-order valence-corrected chi connectivity index (χ3v) is 5.51. The van der Waals surface area contributed by atoms with E-state index in [1.807, 2.05) is 55.5 Å². The fourth-order valence-corrected chi connectivity index (χ4v) is 3.86. The molecule has 2 heterocycles. The van der Waals surface area contributed by atoms with Crippen molar-refractivity contribution in [2.24, 2.45) is 0 Å². The van der Waals surface area contributed by atoms with Crippen LogP contribution < -0.4 is 4.74 Å². The Morgan fingerprint density at radius 1 is 1.29 bits per heavy atom. The van der Waals surface area contributed by atoms with E-state index in [2.05, 4.69) is 10.9 Å². The van der Waals surface area contributed by atoms with Crippen molar-refractivity contribution in [1.29, 1.82) is 0 Å². The first-order valence-corrected chi connectivity index (χ1v) is 10.2. The van der Waals surface area contributed by atoms with Crippen LogP contribution in [0, 0.1) is 19.3 Å². The number of nitrogens with zero attached hydrogens (tertiary/aromatic N) is 2. The van der Waals surface area contributed by atoms with Crippen molar-refractivity contribution in [3.63, 3.8) is 0 Å². The van der Waals surface area contributed by atoms with Gasteiger partial charge in [-0.25, -0.2) is 4.98 Å². The molecule has 0 bridgehead atoms. The number of aryl methyl sites for hydroxylation is 1. The summed E-state index contributed by atoms with van der Waals surface area (Å²) in [5, 5.41) is 9.49. The second-order valence-corrected chi connectivity index (χ2v) is 7.58. The molecule has 2 aromatic carbocycles. The normalized spacial score (nSPS) is 15.8. The summed E-state index contributed by atoms with van der Waals surface area (Å²) in [4.78, 5) is 18.0. The average Bonchev–Trinajstić information content (AvgIpc) is 3.14. The first-order chi connectivity index (χ1) is 15.0. The number of ether oxygens (including phenoxy) is 1. The second-order valence-electron chi connectivity index (χ2n) is 7.58. The van der Waals surface area contributed by atoms with E-state index >= 15 is 0 Å². The summed E-state index contributed by atoms with van der Waals surface area (Å²) < 4.78 is 11.8. The molecule has 1 N–H and O–H groups in total. The van der Waals surface area contributed by atoms with Gasteiger partial charge in [0.05, 0.1) is 18.8 Å². The molecule has 158 valence electrons. The minimum Gasteiger partial charge on any atom is -0.493 e. The van der Waals surface area contributed by atoms with Gasteiger partial charge in [-0.2, -0.15) is 0 Å². The highest BCUT2D eigenvalue weighted by atomic mass is 16.5. The van der Waals surface area contributed by atoms with Crippen molar-refractivity contribution in [1.82, 2.24) is 9.88 Å². The van der Waals surface area contributed by atoms with E-state index in [-0.39, 0.29) is 0 Å². The maximum absolute atomic E-state index is 11.6. The number of hydrogen-bond donors (Lipinski definition) is 1. The maximum Gasteiger partial charge on any atom is 0.321 e. The minimum atomic E-state index is -0.848. The number of aromatic nitrogens is 1. The Hall–Kier alpha value is -3.56. The van der Waals surface area contributed by atoms with Crippen molar-refractivity contribution in [2.75, 3.05) is 13.2 Å². The number of benzene rings is 2. The zero-order chi connectivity index (χ0) is 21.8. The molecule has 4 rings (SSSR count). The first kappa shape index (κ1) is 20.7. The number of carboxylic acids is 1. The Kier molecular flexibility index (Phi) is 6.06. The fourth-order valence-electron chi connectivity index (χ4n) is 3.86. The zero-order valence-corrected chi connectivity index (χ0v) is 17.4. The first-order valence-electron chi connectivity index (χ1n) is 10.2. The summed E-state index contributed by atoms with van der Waals surface area (Å²) in [5.41, 5.74) is 3.90. The molecule has 31 heavy (non-hydrogen) atoms. The smallest absolute Gasteiger partial charge is 0.321 e. The van der Waals surface area contributed by atoms with Crippen molar-refractivity contribution in [3.8, 4) is 29.5 Å². The van der Waals surface area contributed by atoms with Gasteiger partial charge in [-0.15, -0.1) is 6.42 Å². The quantitative estimate of drug-likeness (QED) is 0.592. The average molecular weight is 416 g/mol. The van der Waals surface area contributed by atoms with Gasteiger partial charge in [0, 0.05) is 18.5 Å². The number of aliphatic carboxylic acids is 1. The van der Waals surface area contributed by atoms with E-state index in [1.54, 1.807) is 4.90 Å². The summed E-state index contributed by atoms with van der Waals surface area (Å²) in [5.74, 6) is 3.86. The van der Waals surface area contributed by atoms with Crippen LogP contribution in [0.2, 0.25) is 0 Å². The number of terminal acetylenes is 1. The molecular formula is C25H24N2O4. The van der Waals surface area contributed by atoms with Gasteiger partial charge >= 0.3 is 5.97 Å². The maximum atomic E-state index is 11.6. The summed E-state index contributed by atoms with van der Waals surface area (Å²) in [7, 11) is 0. The molecule has 0 aliphatic carbocycles. The summed E-state index contributed by atoms with van der Waals surface area (Å²) in [6.45, 7) is 3.17. The van der Waals surface area contributed by atoms with Crippen molar-refractivity contribution >= 4 is 5.97 Å². The van der Waals surface area contributed by atoms with Crippen LogP contribution in [0.5, 0.6) is 5.75 Å². The number of carbonyl (C=O) groups is 1. The number of rotatable bonds is 7. The van der Waals surface area contributed by atoms with E-state index in [9.17, 15) is 9.90 Å². The van der Waals surface area contributed by atoms with Crippen LogP contribution in [0.1, 0.15) is 22.6 Å². The molecule has 0 saturated heterocycles. The molecule has 0 amide bonds.